The molecule has 1 aromatic carbocycles. The van der Waals surface area contributed by atoms with Crippen LogP contribution >= 0.6 is 11.3 Å². The minimum absolute atomic E-state index is 0.0167. The summed E-state index contributed by atoms with van der Waals surface area (Å²) in [6, 6.07) is 11.6. The molecular weight excluding hydrogens is 350 g/mol. The largest absolute Gasteiger partial charge is 0.453 e. The first kappa shape index (κ1) is 18.3. The molecule has 6 heteroatoms. The van der Waals surface area contributed by atoms with E-state index in [1.54, 1.807) is 24.0 Å². The third-order valence-corrected chi connectivity index (χ3v) is 5.36. The maximum Gasteiger partial charge on any atom is 0.307 e. The Kier molecular flexibility index (Phi) is 5.83. The number of nitrogens with zero attached hydrogens (tertiary/aromatic N) is 1. The number of Topliss-reactive ketones (excluding diaryl/α,β-unsaturated/α-hetero) is 1. The van der Waals surface area contributed by atoms with Crippen molar-refractivity contribution in [1.82, 2.24) is 4.90 Å². The first-order valence-corrected chi connectivity index (χ1v) is 9.54. The maximum absolute atomic E-state index is 12.6. The molecule has 5 nitrogen and oxygen atoms in total. The lowest BCUT2D eigenvalue weighted by Gasteiger charge is -2.30. The van der Waals surface area contributed by atoms with Gasteiger partial charge in [0.05, 0.1) is 11.3 Å². The molecule has 26 heavy (non-hydrogen) atoms. The predicted molar refractivity (Wildman–Crippen MR) is 99.0 cm³/mol. The molecule has 1 aliphatic rings. The third kappa shape index (κ3) is 4.38. The second kappa shape index (κ2) is 8.27. The van der Waals surface area contributed by atoms with Crippen LogP contribution in [0.4, 0.5) is 0 Å². The van der Waals surface area contributed by atoms with Crippen LogP contribution in [0.25, 0.3) is 0 Å². The van der Waals surface area contributed by atoms with Gasteiger partial charge in [0.15, 0.2) is 11.9 Å². The van der Waals surface area contributed by atoms with Crippen molar-refractivity contribution in [3.63, 3.8) is 0 Å². The highest BCUT2D eigenvalue weighted by atomic mass is 32.1. The Morgan fingerprint density at radius 3 is 2.62 bits per heavy atom. The van der Waals surface area contributed by atoms with Gasteiger partial charge in [0.25, 0.3) is 5.91 Å². The van der Waals surface area contributed by atoms with Crippen molar-refractivity contribution >= 4 is 29.0 Å². The number of ketones is 1. The van der Waals surface area contributed by atoms with Gasteiger partial charge in [-0.05, 0) is 35.9 Å². The molecule has 1 aromatic heterocycles. The summed E-state index contributed by atoms with van der Waals surface area (Å²) in [6.07, 6.45) is 0.0384. The molecule has 3 rings (SSSR count). The fourth-order valence-electron chi connectivity index (χ4n) is 3.02. The summed E-state index contributed by atoms with van der Waals surface area (Å²) in [5.74, 6) is -0.797. The summed E-state index contributed by atoms with van der Waals surface area (Å²) in [5, 5.41) is 1.82. The van der Waals surface area contributed by atoms with E-state index >= 15 is 0 Å². The van der Waals surface area contributed by atoms with Crippen LogP contribution in [0.3, 0.4) is 0 Å². The number of benzene rings is 1. The monoisotopic (exact) mass is 371 g/mol. The van der Waals surface area contributed by atoms with E-state index in [9.17, 15) is 14.4 Å². The number of rotatable bonds is 6. The zero-order chi connectivity index (χ0) is 18.5. The minimum atomic E-state index is -0.843. The Balaban J connectivity index is 1.48. The number of hydrogen-bond donors (Lipinski definition) is 0. The number of ether oxygens (including phenoxy) is 1. The average Bonchev–Trinajstić information content (AvgIpc) is 3.20. The summed E-state index contributed by atoms with van der Waals surface area (Å²) < 4.78 is 5.24. The molecule has 0 saturated carbocycles. The molecule has 0 bridgehead atoms. The molecule has 1 atom stereocenters. The van der Waals surface area contributed by atoms with Crippen molar-refractivity contribution in [2.24, 2.45) is 0 Å². The van der Waals surface area contributed by atoms with Gasteiger partial charge in [-0.25, -0.2) is 0 Å². The van der Waals surface area contributed by atoms with Crippen LogP contribution < -0.4 is 0 Å². The highest BCUT2D eigenvalue weighted by Gasteiger charge is 2.27. The van der Waals surface area contributed by atoms with Crippen molar-refractivity contribution in [1.29, 1.82) is 0 Å². The summed E-state index contributed by atoms with van der Waals surface area (Å²) in [4.78, 5) is 38.8. The summed E-state index contributed by atoms with van der Waals surface area (Å²) in [7, 11) is 0. The first-order chi connectivity index (χ1) is 12.5. The SMILES string of the molecule is C[C@@H](OC(=O)CCC(=O)c1cccs1)C(=O)N1CCc2ccccc2C1. The fourth-order valence-corrected chi connectivity index (χ4v) is 3.72. The number of carbonyl (C=O) groups is 3. The number of esters is 1. The lowest BCUT2D eigenvalue weighted by atomic mass is 9.99. The van der Waals surface area contributed by atoms with Crippen LogP contribution in [-0.2, 0) is 27.3 Å². The Morgan fingerprint density at radius 1 is 1.12 bits per heavy atom. The first-order valence-electron chi connectivity index (χ1n) is 8.66. The van der Waals surface area contributed by atoms with Gasteiger partial charge in [-0.15, -0.1) is 11.3 Å². The summed E-state index contributed by atoms with van der Waals surface area (Å²) in [5.41, 5.74) is 2.39. The molecule has 0 aliphatic carbocycles. The van der Waals surface area contributed by atoms with Crippen LogP contribution in [0.15, 0.2) is 41.8 Å². The molecule has 0 radical (unpaired) electrons. The van der Waals surface area contributed by atoms with Crippen molar-refractivity contribution in [2.75, 3.05) is 6.54 Å². The lowest BCUT2D eigenvalue weighted by molar-refractivity contribution is -0.159. The molecule has 0 saturated heterocycles. The highest BCUT2D eigenvalue weighted by Crippen LogP contribution is 2.19. The molecule has 2 heterocycles. The molecular formula is C20H21NO4S. The van der Waals surface area contributed by atoms with Gasteiger partial charge < -0.3 is 9.64 Å². The van der Waals surface area contributed by atoms with Gasteiger partial charge in [-0.1, -0.05) is 30.3 Å². The Labute approximate surface area is 156 Å². The van der Waals surface area contributed by atoms with E-state index in [0.717, 1.165) is 12.0 Å². The van der Waals surface area contributed by atoms with E-state index in [4.69, 9.17) is 4.74 Å². The third-order valence-electron chi connectivity index (χ3n) is 4.45. The van der Waals surface area contributed by atoms with E-state index in [1.165, 1.54) is 16.9 Å². The fraction of sp³-hybridized carbons (Fsp3) is 0.350. The topological polar surface area (TPSA) is 63.7 Å². The summed E-state index contributed by atoms with van der Waals surface area (Å²) in [6.45, 7) is 2.74. The van der Waals surface area contributed by atoms with Crippen LogP contribution in [-0.4, -0.2) is 35.2 Å². The highest BCUT2D eigenvalue weighted by molar-refractivity contribution is 7.12. The van der Waals surface area contributed by atoms with Gasteiger partial charge in [0.1, 0.15) is 0 Å². The molecule has 1 amide bonds. The van der Waals surface area contributed by atoms with Crippen LogP contribution in [0.2, 0.25) is 0 Å². The van der Waals surface area contributed by atoms with Crippen molar-refractivity contribution in [3.05, 3.63) is 57.8 Å². The zero-order valence-electron chi connectivity index (χ0n) is 14.6. The van der Waals surface area contributed by atoms with Gasteiger partial charge in [-0.3, -0.25) is 14.4 Å². The smallest absolute Gasteiger partial charge is 0.307 e. The molecule has 0 N–H and O–H groups in total. The van der Waals surface area contributed by atoms with Crippen molar-refractivity contribution in [3.8, 4) is 0 Å². The number of hydrogen-bond acceptors (Lipinski definition) is 5. The molecule has 0 spiro atoms. The second-order valence-corrected chi connectivity index (χ2v) is 7.26. The quantitative estimate of drug-likeness (QED) is 0.578. The van der Waals surface area contributed by atoms with E-state index in [-0.39, 0.29) is 24.5 Å². The van der Waals surface area contributed by atoms with Gasteiger partial charge >= 0.3 is 5.97 Å². The standard InChI is InChI=1S/C20H21NO4S/c1-14(25-19(23)9-8-17(22)18-7-4-12-26-18)20(24)21-11-10-15-5-2-3-6-16(15)13-21/h2-7,12,14H,8-11,13H2,1H3/t14-/m1/s1. The maximum atomic E-state index is 12.6. The number of fused-ring (bicyclic) bond motifs is 1. The Hall–Kier alpha value is -2.47. The number of carbonyl (C=O) groups excluding carboxylic acids is 3. The number of thiophene rings is 1. The molecule has 0 unspecified atom stereocenters. The lowest BCUT2D eigenvalue weighted by Crippen LogP contribution is -2.42. The van der Waals surface area contributed by atoms with Gasteiger partial charge in [-0.2, -0.15) is 0 Å². The normalized spacial score (nSPS) is 14.4. The van der Waals surface area contributed by atoms with E-state index in [0.29, 0.717) is 18.0 Å². The second-order valence-electron chi connectivity index (χ2n) is 6.31. The summed E-state index contributed by atoms with van der Waals surface area (Å²) >= 11 is 1.35. The Morgan fingerprint density at radius 2 is 1.88 bits per heavy atom. The van der Waals surface area contributed by atoms with Crippen molar-refractivity contribution in [2.45, 2.75) is 38.8 Å². The van der Waals surface area contributed by atoms with Gasteiger partial charge in [0.2, 0.25) is 0 Å². The molecule has 0 fully saturated rings. The Bertz CT molecular complexity index is 800. The van der Waals surface area contributed by atoms with Crippen molar-refractivity contribution < 1.29 is 19.1 Å². The van der Waals surface area contributed by atoms with E-state index in [2.05, 4.69) is 6.07 Å². The van der Waals surface area contributed by atoms with Crippen LogP contribution in [0, 0.1) is 0 Å². The molecule has 1 aliphatic heterocycles. The van der Waals surface area contributed by atoms with Crippen LogP contribution in [0.5, 0.6) is 0 Å². The average molecular weight is 371 g/mol. The minimum Gasteiger partial charge on any atom is -0.453 e. The zero-order valence-corrected chi connectivity index (χ0v) is 15.5. The van der Waals surface area contributed by atoms with Gasteiger partial charge in [0, 0.05) is 19.5 Å². The van der Waals surface area contributed by atoms with E-state index in [1.807, 2.05) is 23.6 Å². The molecule has 2 aromatic rings. The number of amides is 1. The predicted octanol–water partition coefficient (Wildman–Crippen LogP) is 3.23. The van der Waals surface area contributed by atoms with Crippen LogP contribution in [0.1, 0.15) is 40.6 Å². The van der Waals surface area contributed by atoms with E-state index < -0.39 is 12.1 Å². The molecule has 136 valence electrons.